The van der Waals surface area contributed by atoms with Crippen molar-refractivity contribution in [1.82, 2.24) is 9.88 Å². The molecule has 126 valence electrons. The highest BCUT2D eigenvalue weighted by Crippen LogP contribution is 2.28. The maximum Gasteiger partial charge on any atom is 0.354 e. The number of sulfone groups is 1. The van der Waals surface area contributed by atoms with E-state index in [0.29, 0.717) is 12.8 Å². The van der Waals surface area contributed by atoms with Crippen LogP contribution in [0.5, 0.6) is 0 Å². The molecule has 1 fully saturated rings. The van der Waals surface area contributed by atoms with E-state index in [9.17, 15) is 18.0 Å². The van der Waals surface area contributed by atoms with E-state index in [1.807, 2.05) is 0 Å². The smallest absolute Gasteiger partial charge is 0.354 e. The van der Waals surface area contributed by atoms with Gasteiger partial charge in [-0.15, -0.1) is 0 Å². The third kappa shape index (κ3) is 3.87. The van der Waals surface area contributed by atoms with Crippen molar-refractivity contribution in [1.29, 1.82) is 0 Å². The van der Waals surface area contributed by atoms with E-state index >= 15 is 0 Å². The normalized spacial score (nSPS) is 21.7. The number of hydrogen-bond donors (Lipinski definition) is 1. The van der Waals surface area contributed by atoms with Crippen molar-refractivity contribution in [3.05, 3.63) is 29.6 Å². The van der Waals surface area contributed by atoms with Crippen LogP contribution in [0.25, 0.3) is 0 Å². The zero-order valence-corrected chi connectivity index (χ0v) is 13.9. The zero-order valence-electron chi connectivity index (χ0n) is 13.1. The minimum absolute atomic E-state index is 0.143. The van der Waals surface area contributed by atoms with Gasteiger partial charge in [-0.25, -0.2) is 18.2 Å². The van der Waals surface area contributed by atoms with Gasteiger partial charge in [0.15, 0.2) is 9.84 Å². The maximum absolute atomic E-state index is 12.5. The molecule has 1 saturated carbocycles. The Hall–Kier alpha value is -1.96. The monoisotopic (exact) mass is 340 g/mol. The predicted octanol–water partition coefficient (Wildman–Crippen LogP) is 1.21. The van der Waals surface area contributed by atoms with Gasteiger partial charge < -0.3 is 10.0 Å². The van der Waals surface area contributed by atoms with Crippen LogP contribution in [0.1, 0.15) is 46.5 Å². The molecule has 1 aromatic rings. The molecular formula is C15H20N2O5S. The average molecular weight is 340 g/mol. The highest BCUT2D eigenvalue weighted by atomic mass is 32.2. The summed E-state index contributed by atoms with van der Waals surface area (Å²) in [5.41, 5.74) is 0.103. The lowest BCUT2D eigenvalue weighted by Gasteiger charge is -2.37. The summed E-state index contributed by atoms with van der Waals surface area (Å²) in [6, 6.07) is 2.29. The molecule has 8 heteroatoms. The van der Waals surface area contributed by atoms with Crippen LogP contribution in [0.15, 0.2) is 18.3 Å². The lowest BCUT2D eigenvalue weighted by atomic mass is 9.93. The third-order valence-electron chi connectivity index (χ3n) is 4.26. The Balaban J connectivity index is 2.22. The summed E-state index contributed by atoms with van der Waals surface area (Å²) in [7, 11) is -1.66. The first-order chi connectivity index (χ1) is 10.7. The fourth-order valence-corrected chi connectivity index (χ4v) is 4.51. The molecule has 0 saturated heterocycles. The number of carboxylic acids is 1. The Labute approximate surface area is 135 Å². The van der Waals surface area contributed by atoms with Gasteiger partial charge in [0.25, 0.3) is 5.91 Å². The Morgan fingerprint density at radius 2 is 1.91 bits per heavy atom. The Kier molecular flexibility index (Phi) is 5.03. The number of aromatic carboxylic acids is 1. The van der Waals surface area contributed by atoms with Crippen LogP contribution < -0.4 is 0 Å². The SMILES string of the molecule is CN(C(=O)c1ccc(C(=O)O)nc1)[C@H]1CCCC[C@H]1S(C)(=O)=O. The van der Waals surface area contributed by atoms with Crippen molar-refractivity contribution in [3.63, 3.8) is 0 Å². The molecule has 0 aliphatic heterocycles. The lowest BCUT2D eigenvalue weighted by molar-refractivity contribution is 0.0679. The minimum atomic E-state index is -3.24. The highest BCUT2D eigenvalue weighted by Gasteiger charge is 2.37. The van der Waals surface area contributed by atoms with Gasteiger partial charge in [-0.05, 0) is 25.0 Å². The van der Waals surface area contributed by atoms with Gasteiger partial charge in [-0.3, -0.25) is 4.79 Å². The van der Waals surface area contributed by atoms with Crippen LogP contribution in [-0.4, -0.2) is 59.9 Å². The molecule has 1 heterocycles. The Morgan fingerprint density at radius 3 is 2.43 bits per heavy atom. The molecular weight excluding hydrogens is 320 g/mol. The van der Waals surface area contributed by atoms with E-state index < -0.39 is 21.1 Å². The fraction of sp³-hybridized carbons (Fsp3) is 0.533. The number of amides is 1. The number of pyridine rings is 1. The summed E-state index contributed by atoms with van der Waals surface area (Å²) >= 11 is 0. The summed E-state index contributed by atoms with van der Waals surface area (Å²) in [6.45, 7) is 0. The Bertz CT molecular complexity index is 699. The number of carbonyl (C=O) groups is 2. The first-order valence-corrected chi connectivity index (χ1v) is 9.32. The van der Waals surface area contributed by atoms with Crippen LogP contribution in [0, 0.1) is 0 Å². The predicted molar refractivity (Wildman–Crippen MR) is 84.2 cm³/mol. The molecule has 0 radical (unpaired) electrons. The van der Waals surface area contributed by atoms with E-state index in [0.717, 1.165) is 12.8 Å². The summed E-state index contributed by atoms with van der Waals surface area (Å²) in [5, 5.41) is 8.27. The number of nitrogens with zero attached hydrogens (tertiary/aromatic N) is 2. The zero-order chi connectivity index (χ0) is 17.2. The number of carbonyl (C=O) groups excluding carboxylic acids is 1. The summed E-state index contributed by atoms with van der Waals surface area (Å²) < 4.78 is 23.9. The van der Waals surface area contributed by atoms with Gasteiger partial charge in [0.1, 0.15) is 5.69 Å². The second-order valence-electron chi connectivity index (χ2n) is 5.87. The standard InChI is InChI=1S/C15H20N2O5S/c1-17(12-5-3-4-6-13(12)23(2,21)22)14(18)10-7-8-11(15(19)20)16-9-10/h7-9,12-13H,3-6H2,1-2H3,(H,19,20)/t12-,13+/m0/s1. The minimum Gasteiger partial charge on any atom is -0.477 e. The van der Waals surface area contributed by atoms with E-state index in [4.69, 9.17) is 5.11 Å². The maximum atomic E-state index is 12.5. The second kappa shape index (κ2) is 6.66. The van der Waals surface area contributed by atoms with Gasteiger partial charge in [0.05, 0.1) is 10.8 Å². The van der Waals surface area contributed by atoms with Crippen molar-refractivity contribution in [2.75, 3.05) is 13.3 Å². The van der Waals surface area contributed by atoms with Crippen LogP contribution in [0.3, 0.4) is 0 Å². The molecule has 2 rings (SSSR count). The number of aromatic nitrogens is 1. The van der Waals surface area contributed by atoms with E-state index in [1.54, 1.807) is 7.05 Å². The van der Waals surface area contributed by atoms with Gasteiger partial charge in [-0.1, -0.05) is 12.8 Å². The first kappa shape index (κ1) is 17.4. The first-order valence-electron chi connectivity index (χ1n) is 7.37. The molecule has 0 aromatic carbocycles. The van der Waals surface area contributed by atoms with Crippen molar-refractivity contribution in [3.8, 4) is 0 Å². The largest absolute Gasteiger partial charge is 0.477 e. The third-order valence-corrected chi connectivity index (χ3v) is 5.91. The van der Waals surface area contributed by atoms with Crippen molar-refractivity contribution < 1.29 is 23.1 Å². The van der Waals surface area contributed by atoms with Crippen molar-refractivity contribution in [2.45, 2.75) is 37.0 Å². The number of rotatable bonds is 4. The van der Waals surface area contributed by atoms with Crippen LogP contribution in [0.4, 0.5) is 0 Å². The quantitative estimate of drug-likeness (QED) is 0.883. The van der Waals surface area contributed by atoms with Gasteiger partial charge in [-0.2, -0.15) is 0 Å². The van der Waals surface area contributed by atoms with Crippen LogP contribution in [0.2, 0.25) is 0 Å². The fourth-order valence-electron chi connectivity index (χ4n) is 3.02. The van der Waals surface area contributed by atoms with Crippen LogP contribution >= 0.6 is 0 Å². The molecule has 0 bridgehead atoms. The second-order valence-corrected chi connectivity index (χ2v) is 8.14. The summed E-state index contributed by atoms with van der Waals surface area (Å²) in [5.74, 6) is -1.52. The van der Waals surface area contributed by atoms with Crippen molar-refractivity contribution >= 4 is 21.7 Å². The van der Waals surface area contributed by atoms with Gasteiger partial charge >= 0.3 is 5.97 Å². The van der Waals surface area contributed by atoms with Gasteiger partial charge in [0.2, 0.25) is 0 Å². The molecule has 0 spiro atoms. The van der Waals surface area contributed by atoms with E-state index in [2.05, 4.69) is 4.98 Å². The van der Waals surface area contributed by atoms with E-state index in [-0.39, 0.29) is 23.2 Å². The number of carboxylic acid groups (broad SMARTS) is 1. The van der Waals surface area contributed by atoms with Gasteiger partial charge in [0, 0.05) is 25.5 Å². The lowest BCUT2D eigenvalue weighted by Crippen LogP contribution is -2.49. The van der Waals surface area contributed by atoms with Crippen molar-refractivity contribution in [2.24, 2.45) is 0 Å². The molecule has 7 nitrogen and oxygen atoms in total. The highest BCUT2D eigenvalue weighted by molar-refractivity contribution is 7.91. The Morgan fingerprint density at radius 1 is 1.26 bits per heavy atom. The topological polar surface area (TPSA) is 105 Å². The molecule has 0 unspecified atom stereocenters. The molecule has 1 aromatic heterocycles. The van der Waals surface area contributed by atoms with E-state index in [1.165, 1.54) is 29.5 Å². The molecule has 1 aliphatic rings. The molecule has 1 amide bonds. The average Bonchev–Trinajstić information content (AvgIpc) is 2.52. The molecule has 1 aliphatic carbocycles. The number of hydrogen-bond acceptors (Lipinski definition) is 5. The van der Waals surface area contributed by atoms with Crippen LogP contribution in [-0.2, 0) is 9.84 Å². The summed E-state index contributed by atoms with van der Waals surface area (Å²) in [4.78, 5) is 28.5. The molecule has 23 heavy (non-hydrogen) atoms. The molecule has 1 N–H and O–H groups in total. The molecule has 2 atom stereocenters. The summed E-state index contributed by atoms with van der Waals surface area (Å²) in [6.07, 6.45) is 5.33.